The van der Waals surface area contributed by atoms with Gasteiger partial charge in [0, 0.05) is 12.3 Å². The number of anilines is 1. The van der Waals surface area contributed by atoms with E-state index in [1.165, 1.54) is 0 Å². The first-order valence-electron chi connectivity index (χ1n) is 5.21. The monoisotopic (exact) mass is 217 g/mol. The molecule has 2 N–H and O–H groups in total. The van der Waals surface area contributed by atoms with E-state index < -0.39 is 0 Å². The molecule has 84 valence electrons. The fraction of sp³-hybridized carbons (Fsp3) is 0.364. The molecule has 5 nitrogen and oxygen atoms in total. The van der Waals surface area contributed by atoms with Crippen molar-refractivity contribution in [1.82, 2.24) is 19.5 Å². The SMILES string of the molecule is Cc1cn(-c2cc(C(C)C)nc(N)n2)cn1. The molecule has 0 aliphatic rings. The van der Waals surface area contributed by atoms with Crippen molar-refractivity contribution in [3.63, 3.8) is 0 Å². The number of nitrogens with two attached hydrogens (primary N) is 1. The van der Waals surface area contributed by atoms with E-state index in [1.54, 1.807) is 6.33 Å². The number of hydrogen-bond acceptors (Lipinski definition) is 4. The Labute approximate surface area is 94.4 Å². The van der Waals surface area contributed by atoms with Crippen LogP contribution < -0.4 is 5.73 Å². The second kappa shape index (κ2) is 3.92. The van der Waals surface area contributed by atoms with Crippen LogP contribution in [0.25, 0.3) is 5.82 Å². The van der Waals surface area contributed by atoms with Crippen molar-refractivity contribution in [3.05, 3.63) is 30.0 Å². The summed E-state index contributed by atoms with van der Waals surface area (Å²) < 4.78 is 1.85. The van der Waals surface area contributed by atoms with Crippen LogP contribution in [0.5, 0.6) is 0 Å². The van der Waals surface area contributed by atoms with E-state index in [-0.39, 0.29) is 0 Å². The fourth-order valence-electron chi connectivity index (χ4n) is 1.45. The highest BCUT2D eigenvalue weighted by atomic mass is 15.1. The Morgan fingerprint density at radius 2 is 2.06 bits per heavy atom. The quantitative estimate of drug-likeness (QED) is 0.830. The van der Waals surface area contributed by atoms with E-state index in [4.69, 9.17) is 5.73 Å². The van der Waals surface area contributed by atoms with E-state index in [2.05, 4.69) is 28.8 Å². The number of aryl methyl sites for hydroxylation is 1. The van der Waals surface area contributed by atoms with Gasteiger partial charge in [-0.05, 0) is 12.8 Å². The van der Waals surface area contributed by atoms with Crippen LogP contribution >= 0.6 is 0 Å². The molecule has 2 rings (SSSR count). The van der Waals surface area contributed by atoms with Gasteiger partial charge in [0.2, 0.25) is 5.95 Å². The van der Waals surface area contributed by atoms with Crippen molar-refractivity contribution in [2.24, 2.45) is 0 Å². The summed E-state index contributed by atoms with van der Waals surface area (Å²) in [5.74, 6) is 1.39. The van der Waals surface area contributed by atoms with Gasteiger partial charge in [-0.15, -0.1) is 0 Å². The van der Waals surface area contributed by atoms with Crippen molar-refractivity contribution in [1.29, 1.82) is 0 Å². The van der Waals surface area contributed by atoms with Crippen LogP contribution in [-0.4, -0.2) is 19.5 Å². The van der Waals surface area contributed by atoms with Gasteiger partial charge >= 0.3 is 0 Å². The highest BCUT2D eigenvalue weighted by molar-refractivity contribution is 5.33. The second-order valence-corrected chi connectivity index (χ2v) is 4.09. The van der Waals surface area contributed by atoms with Crippen molar-refractivity contribution in [3.8, 4) is 5.82 Å². The Hall–Kier alpha value is -1.91. The largest absolute Gasteiger partial charge is 0.368 e. The van der Waals surface area contributed by atoms with E-state index in [0.717, 1.165) is 17.2 Å². The zero-order chi connectivity index (χ0) is 11.7. The topological polar surface area (TPSA) is 69.6 Å². The van der Waals surface area contributed by atoms with Crippen molar-refractivity contribution >= 4 is 5.95 Å². The zero-order valence-corrected chi connectivity index (χ0v) is 9.68. The third-order valence-electron chi connectivity index (χ3n) is 2.32. The van der Waals surface area contributed by atoms with Crippen molar-refractivity contribution in [2.45, 2.75) is 26.7 Å². The van der Waals surface area contributed by atoms with Crippen LogP contribution in [-0.2, 0) is 0 Å². The highest BCUT2D eigenvalue weighted by Crippen LogP contribution is 2.16. The van der Waals surface area contributed by atoms with E-state index >= 15 is 0 Å². The minimum Gasteiger partial charge on any atom is -0.368 e. The molecule has 0 unspecified atom stereocenters. The highest BCUT2D eigenvalue weighted by Gasteiger charge is 2.07. The van der Waals surface area contributed by atoms with Crippen molar-refractivity contribution in [2.75, 3.05) is 5.73 Å². The lowest BCUT2D eigenvalue weighted by Crippen LogP contribution is -2.05. The number of aromatic nitrogens is 4. The molecular formula is C11H15N5. The van der Waals surface area contributed by atoms with Crippen LogP contribution in [0.3, 0.4) is 0 Å². The first kappa shape index (κ1) is 10.6. The molecule has 0 bridgehead atoms. The summed E-state index contributed by atoms with van der Waals surface area (Å²) in [6.07, 6.45) is 3.63. The maximum absolute atomic E-state index is 5.69. The number of rotatable bonds is 2. The van der Waals surface area contributed by atoms with E-state index in [1.807, 2.05) is 23.8 Å². The lowest BCUT2D eigenvalue weighted by Gasteiger charge is -2.08. The molecule has 0 amide bonds. The van der Waals surface area contributed by atoms with Crippen LogP contribution in [0.2, 0.25) is 0 Å². The molecule has 0 radical (unpaired) electrons. The van der Waals surface area contributed by atoms with Gasteiger partial charge < -0.3 is 5.73 Å². The third kappa shape index (κ3) is 2.03. The summed E-state index contributed by atoms with van der Waals surface area (Å²) in [4.78, 5) is 12.5. The van der Waals surface area contributed by atoms with Crippen LogP contribution in [0.15, 0.2) is 18.6 Å². The van der Waals surface area contributed by atoms with Gasteiger partial charge in [0.1, 0.15) is 12.1 Å². The predicted molar refractivity (Wildman–Crippen MR) is 62.4 cm³/mol. The molecule has 2 aromatic heterocycles. The standard InChI is InChI=1S/C11H15N5/c1-7(2)9-4-10(15-11(12)14-9)16-5-8(3)13-6-16/h4-7H,1-3H3,(H2,12,14,15). The Morgan fingerprint density at radius 1 is 1.31 bits per heavy atom. The molecule has 0 spiro atoms. The molecule has 0 fully saturated rings. The lowest BCUT2D eigenvalue weighted by atomic mass is 10.1. The molecule has 5 heteroatoms. The van der Waals surface area contributed by atoms with Gasteiger partial charge in [0.05, 0.1) is 11.4 Å². The first-order valence-corrected chi connectivity index (χ1v) is 5.21. The second-order valence-electron chi connectivity index (χ2n) is 4.09. The summed E-state index contributed by atoms with van der Waals surface area (Å²) in [5, 5.41) is 0. The first-order chi connectivity index (χ1) is 7.56. The Morgan fingerprint density at radius 3 is 2.62 bits per heavy atom. The molecule has 2 heterocycles. The predicted octanol–water partition coefficient (Wildman–Crippen LogP) is 1.68. The Bertz CT molecular complexity index is 501. The zero-order valence-electron chi connectivity index (χ0n) is 9.68. The van der Waals surface area contributed by atoms with Gasteiger partial charge in [0.15, 0.2) is 0 Å². The van der Waals surface area contributed by atoms with Crippen LogP contribution in [0.4, 0.5) is 5.95 Å². The summed E-state index contributed by atoms with van der Waals surface area (Å²) in [5.41, 5.74) is 7.57. The average Bonchev–Trinajstić information content (AvgIpc) is 2.64. The number of hydrogen-bond donors (Lipinski definition) is 1. The number of nitrogens with zero attached hydrogens (tertiary/aromatic N) is 4. The van der Waals surface area contributed by atoms with Gasteiger partial charge in [-0.1, -0.05) is 13.8 Å². The molecular weight excluding hydrogens is 202 g/mol. The van der Waals surface area contributed by atoms with Crippen molar-refractivity contribution < 1.29 is 0 Å². The van der Waals surface area contributed by atoms with Gasteiger partial charge in [-0.3, -0.25) is 4.57 Å². The van der Waals surface area contributed by atoms with E-state index in [9.17, 15) is 0 Å². The van der Waals surface area contributed by atoms with Gasteiger partial charge in [-0.2, -0.15) is 4.98 Å². The Kier molecular flexibility index (Phi) is 2.60. The molecule has 0 saturated carbocycles. The maximum atomic E-state index is 5.69. The molecule has 0 saturated heterocycles. The molecule has 0 aliphatic heterocycles. The van der Waals surface area contributed by atoms with Crippen LogP contribution in [0, 0.1) is 6.92 Å². The summed E-state index contributed by atoms with van der Waals surface area (Å²) in [6.45, 7) is 6.08. The minimum absolute atomic E-state index is 0.299. The molecule has 16 heavy (non-hydrogen) atoms. The summed E-state index contributed by atoms with van der Waals surface area (Å²) in [7, 11) is 0. The molecule has 2 aromatic rings. The summed E-state index contributed by atoms with van der Waals surface area (Å²) in [6, 6.07) is 1.93. The average molecular weight is 217 g/mol. The Balaban J connectivity index is 2.49. The lowest BCUT2D eigenvalue weighted by molar-refractivity contribution is 0.809. The third-order valence-corrected chi connectivity index (χ3v) is 2.32. The minimum atomic E-state index is 0.299. The number of nitrogen functional groups attached to an aromatic ring is 1. The van der Waals surface area contributed by atoms with Gasteiger partial charge in [0.25, 0.3) is 0 Å². The fourth-order valence-corrected chi connectivity index (χ4v) is 1.45. The molecule has 0 aromatic carbocycles. The molecule has 0 aliphatic carbocycles. The number of imidazole rings is 1. The normalized spacial score (nSPS) is 11.0. The smallest absolute Gasteiger partial charge is 0.222 e. The summed E-state index contributed by atoms with van der Waals surface area (Å²) >= 11 is 0. The van der Waals surface area contributed by atoms with E-state index in [0.29, 0.717) is 11.9 Å². The van der Waals surface area contributed by atoms with Crippen LogP contribution in [0.1, 0.15) is 31.2 Å². The van der Waals surface area contributed by atoms with Gasteiger partial charge in [-0.25, -0.2) is 9.97 Å². The molecule has 0 atom stereocenters. The maximum Gasteiger partial charge on any atom is 0.222 e.